The molecular formula is C42H35F3N2O6. The summed E-state index contributed by atoms with van der Waals surface area (Å²) >= 11 is 0. The van der Waals surface area contributed by atoms with Crippen LogP contribution in [0.5, 0.6) is 11.5 Å². The summed E-state index contributed by atoms with van der Waals surface area (Å²) in [5, 5.41) is 20.5. The fourth-order valence-electron chi connectivity index (χ4n) is 7.25. The van der Waals surface area contributed by atoms with Gasteiger partial charge in [0, 0.05) is 17.8 Å². The summed E-state index contributed by atoms with van der Waals surface area (Å²) < 4.78 is 46.4. The topological polar surface area (TPSA) is 107 Å². The predicted molar refractivity (Wildman–Crippen MR) is 190 cm³/mol. The van der Waals surface area contributed by atoms with Crippen molar-refractivity contribution in [3.05, 3.63) is 155 Å². The minimum absolute atomic E-state index is 0.0576. The molecule has 2 aliphatic heterocycles. The zero-order valence-corrected chi connectivity index (χ0v) is 28.3. The molecule has 5 aromatic carbocycles. The maximum atomic E-state index is 13.7. The number of aliphatic hydroxyl groups excluding tert-OH is 1. The maximum Gasteiger partial charge on any atom is 0.311 e. The Morgan fingerprint density at radius 1 is 0.623 bits per heavy atom. The van der Waals surface area contributed by atoms with Crippen LogP contribution in [0.4, 0.5) is 24.5 Å². The number of aromatic hydroxyl groups is 1. The maximum absolute atomic E-state index is 13.7. The number of phenols is 1. The van der Waals surface area contributed by atoms with Crippen molar-refractivity contribution in [2.75, 3.05) is 9.80 Å². The third-order valence-electron chi connectivity index (χ3n) is 9.99. The van der Waals surface area contributed by atoms with Gasteiger partial charge in [-0.15, -0.1) is 0 Å². The summed E-state index contributed by atoms with van der Waals surface area (Å²) in [7, 11) is 0. The molecular weight excluding hydrogens is 685 g/mol. The highest BCUT2D eigenvalue weighted by atomic mass is 19.1. The fraction of sp³-hybridized carbons (Fsp3) is 0.214. The van der Waals surface area contributed by atoms with Crippen molar-refractivity contribution in [1.29, 1.82) is 0 Å². The number of ether oxygens (including phenoxy) is 1. The van der Waals surface area contributed by atoms with E-state index in [1.54, 1.807) is 46.2 Å². The quantitative estimate of drug-likeness (QED) is 0.0767. The van der Waals surface area contributed by atoms with Gasteiger partial charge in [0.2, 0.25) is 11.8 Å². The molecule has 5 unspecified atom stereocenters. The van der Waals surface area contributed by atoms with E-state index in [1.807, 2.05) is 0 Å². The molecule has 2 aliphatic rings. The molecule has 2 saturated heterocycles. The Hall–Kier alpha value is -5.94. The normalized spacial score (nSPS) is 20.1. The molecule has 270 valence electrons. The number of nitrogens with zero attached hydrogens (tertiary/aromatic N) is 2. The molecule has 8 nitrogen and oxygen atoms in total. The van der Waals surface area contributed by atoms with Gasteiger partial charge in [0.25, 0.3) is 0 Å². The molecule has 5 aromatic rings. The molecule has 2 fully saturated rings. The number of benzene rings is 5. The van der Waals surface area contributed by atoms with Gasteiger partial charge in [-0.2, -0.15) is 0 Å². The Balaban J connectivity index is 1.02. The van der Waals surface area contributed by atoms with E-state index in [0.717, 1.165) is 11.1 Å². The monoisotopic (exact) mass is 720 g/mol. The lowest BCUT2D eigenvalue weighted by Crippen LogP contribution is -2.55. The van der Waals surface area contributed by atoms with E-state index >= 15 is 0 Å². The Morgan fingerprint density at radius 3 is 1.55 bits per heavy atom. The molecule has 53 heavy (non-hydrogen) atoms. The minimum Gasteiger partial charge on any atom is -0.508 e. The lowest BCUT2D eigenvalue weighted by molar-refractivity contribution is -0.136. The van der Waals surface area contributed by atoms with Crippen molar-refractivity contribution in [3.63, 3.8) is 0 Å². The molecule has 0 radical (unpaired) electrons. The zero-order chi connectivity index (χ0) is 37.2. The van der Waals surface area contributed by atoms with Gasteiger partial charge in [0.05, 0.1) is 30.0 Å². The van der Waals surface area contributed by atoms with Crippen LogP contribution in [0, 0.1) is 29.3 Å². The van der Waals surface area contributed by atoms with Crippen LogP contribution in [0.15, 0.2) is 121 Å². The smallest absolute Gasteiger partial charge is 0.311 e. The van der Waals surface area contributed by atoms with Gasteiger partial charge in [-0.05, 0) is 121 Å². The Morgan fingerprint density at radius 2 is 1.06 bits per heavy atom. The lowest BCUT2D eigenvalue weighted by atomic mass is 9.78. The summed E-state index contributed by atoms with van der Waals surface area (Å²) in [5.74, 6) is -2.94. The molecule has 0 spiro atoms. The third kappa shape index (κ3) is 7.38. The van der Waals surface area contributed by atoms with Gasteiger partial charge in [-0.25, -0.2) is 13.2 Å². The highest BCUT2D eigenvalue weighted by molar-refractivity contribution is 6.04. The molecule has 0 bridgehead atoms. The summed E-state index contributed by atoms with van der Waals surface area (Å²) in [6.45, 7) is 0. The van der Waals surface area contributed by atoms with E-state index in [9.17, 15) is 37.8 Å². The van der Waals surface area contributed by atoms with E-state index < -0.39 is 53.4 Å². The van der Waals surface area contributed by atoms with Gasteiger partial charge >= 0.3 is 5.97 Å². The number of halogens is 3. The van der Waals surface area contributed by atoms with E-state index in [0.29, 0.717) is 23.4 Å². The van der Waals surface area contributed by atoms with Crippen molar-refractivity contribution >= 4 is 29.2 Å². The molecule has 7 rings (SSSR count). The number of aliphatic hydroxyl groups is 1. The van der Waals surface area contributed by atoms with Gasteiger partial charge in [-0.3, -0.25) is 14.4 Å². The molecule has 5 atom stereocenters. The van der Waals surface area contributed by atoms with Crippen LogP contribution >= 0.6 is 0 Å². The van der Waals surface area contributed by atoms with E-state index in [1.165, 1.54) is 84.9 Å². The Labute approximate surface area is 303 Å². The Kier molecular flexibility index (Phi) is 10.0. The number of β-lactam (4-membered cyclic amide) rings is 2. The summed E-state index contributed by atoms with van der Waals surface area (Å²) in [4.78, 5) is 42.9. The van der Waals surface area contributed by atoms with E-state index in [-0.39, 0.29) is 42.6 Å². The first-order valence-electron chi connectivity index (χ1n) is 17.3. The van der Waals surface area contributed by atoms with Crippen LogP contribution in [0.1, 0.15) is 60.6 Å². The van der Waals surface area contributed by atoms with Gasteiger partial charge in [0.15, 0.2) is 0 Å². The second-order valence-electron chi connectivity index (χ2n) is 13.3. The summed E-state index contributed by atoms with van der Waals surface area (Å²) in [5.41, 5.74) is 3.08. The van der Waals surface area contributed by atoms with E-state index in [2.05, 4.69) is 0 Å². The van der Waals surface area contributed by atoms with Gasteiger partial charge < -0.3 is 24.7 Å². The third-order valence-corrected chi connectivity index (χ3v) is 9.99. The first kappa shape index (κ1) is 35.5. The average molecular weight is 721 g/mol. The number of phenolic OH excluding ortho intramolecular Hbond substituents is 1. The largest absolute Gasteiger partial charge is 0.508 e. The number of amides is 2. The number of carbonyl (C=O) groups excluding carboxylic acids is 3. The fourth-order valence-corrected chi connectivity index (χ4v) is 7.25. The summed E-state index contributed by atoms with van der Waals surface area (Å²) in [6, 6.07) is 29.1. The molecule has 2 amide bonds. The second kappa shape index (κ2) is 15.0. The standard InChI is InChI=1S/C42H35F3N2O6/c43-28-7-1-25(2-8-28)37(49)23-21-35-40(47(41(35)51)32-15-11-30(45)12-16-32)27-5-19-34(20-6-27)53-38(50)24-22-36-39(26-3-17-33(48)18-4-26)46(42(36)52)31-13-9-29(44)10-14-31/h1-20,35-37,39-40,48-49H,21-24H2. The predicted octanol–water partition coefficient (Wildman–Crippen LogP) is 8.12. The zero-order valence-electron chi connectivity index (χ0n) is 28.3. The molecule has 0 aromatic heterocycles. The molecule has 2 heterocycles. The van der Waals surface area contributed by atoms with Gasteiger partial charge in [0.1, 0.15) is 29.0 Å². The van der Waals surface area contributed by atoms with Crippen molar-refractivity contribution in [2.45, 2.75) is 43.9 Å². The van der Waals surface area contributed by atoms with Crippen LogP contribution < -0.4 is 14.5 Å². The van der Waals surface area contributed by atoms with Crippen molar-refractivity contribution in [3.8, 4) is 11.5 Å². The lowest BCUT2D eigenvalue weighted by Gasteiger charge is -2.48. The number of hydrogen-bond acceptors (Lipinski definition) is 6. The van der Waals surface area contributed by atoms with Crippen LogP contribution in [0.2, 0.25) is 0 Å². The number of carbonyl (C=O) groups is 3. The number of rotatable bonds is 12. The number of anilines is 2. The summed E-state index contributed by atoms with van der Waals surface area (Å²) in [6.07, 6.45) is -0.174. The first-order chi connectivity index (χ1) is 25.6. The minimum atomic E-state index is -0.900. The Bertz CT molecular complexity index is 2090. The first-order valence-corrected chi connectivity index (χ1v) is 17.3. The van der Waals surface area contributed by atoms with E-state index in [4.69, 9.17) is 4.74 Å². The van der Waals surface area contributed by atoms with Crippen LogP contribution in [-0.2, 0) is 14.4 Å². The average Bonchev–Trinajstić information content (AvgIpc) is 3.15. The van der Waals surface area contributed by atoms with Gasteiger partial charge in [-0.1, -0.05) is 36.4 Å². The molecule has 0 aliphatic carbocycles. The molecule has 0 saturated carbocycles. The van der Waals surface area contributed by atoms with Crippen LogP contribution in [0.3, 0.4) is 0 Å². The SMILES string of the molecule is O=C(CCC1C(=O)N(c2ccc(F)cc2)C1c1ccc(O)cc1)Oc1ccc(C2C(CCC(O)c3ccc(F)cc3)C(=O)N2c2ccc(F)cc2)cc1. The van der Waals surface area contributed by atoms with Crippen molar-refractivity contribution in [2.24, 2.45) is 11.8 Å². The molecule has 11 heteroatoms. The van der Waals surface area contributed by atoms with Crippen molar-refractivity contribution in [1.82, 2.24) is 0 Å². The number of hydrogen-bond donors (Lipinski definition) is 2. The number of esters is 1. The van der Waals surface area contributed by atoms with Crippen LogP contribution in [0.25, 0.3) is 0 Å². The van der Waals surface area contributed by atoms with Crippen molar-refractivity contribution < 1.29 is 42.5 Å². The highest BCUT2D eigenvalue weighted by Crippen LogP contribution is 2.48. The van der Waals surface area contributed by atoms with Crippen LogP contribution in [-0.4, -0.2) is 28.0 Å². The molecule has 2 N–H and O–H groups in total. The second-order valence-corrected chi connectivity index (χ2v) is 13.3. The highest BCUT2D eigenvalue weighted by Gasteiger charge is 2.49.